The maximum atomic E-state index is 12.8. The van der Waals surface area contributed by atoms with Crippen molar-refractivity contribution in [2.45, 2.75) is 44.6 Å². The number of ether oxygens (including phenoxy) is 1. The number of carbonyl (C=O) groups excluding carboxylic acids is 1. The number of fused-ring (bicyclic) bond motifs is 1. The Labute approximate surface area is 167 Å². The summed E-state index contributed by atoms with van der Waals surface area (Å²) in [5.74, 6) is 0.358. The number of hydrogen-bond donors (Lipinski definition) is 0. The highest BCUT2D eigenvalue weighted by Crippen LogP contribution is 2.27. The Balaban J connectivity index is 1.45. The quantitative estimate of drug-likeness (QED) is 0.425. The smallest absolute Gasteiger partial charge is 0.257 e. The fraction of sp³-hybridized carbons (Fsp3) is 0.400. The topological polar surface area (TPSA) is 57.3 Å². The van der Waals surface area contributed by atoms with Crippen LogP contribution in [0.5, 0.6) is 0 Å². The van der Waals surface area contributed by atoms with Crippen LogP contribution >= 0.6 is 23.4 Å². The van der Waals surface area contributed by atoms with Gasteiger partial charge in [-0.05, 0) is 44.9 Å². The minimum atomic E-state index is 0.0759. The van der Waals surface area contributed by atoms with Crippen LogP contribution in [0.2, 0.25) is 5.02 Å². The second-order valence-electron chi connectivity index (χ2n) is 6.83. The summed E-state index contributed by atoms with van der Waals surface area (Å²) in [6.07, 6.45) is 2.44. The van der Waals surface area contributed by atoms with Crippen molar-refractivity contribution in [2.75, 3.05) is 12.4 Å². The standard InChI is InChI=1S/C20H21ClN2O3S/c1-12-8-16(13(2)23(12)10-15-4-3-7-25-15)18(24)11-27-20-22-17-6-5-14(21)9-19(17)26-20/h5-6,8-9,15H,3-4,7,10-11H2,1-2H3/t15-/m1/s1. The monoisotopic (exact) mass is 404 g/mol. The number of aryl methyl sites for hydroxylation is 1. The van der Waals surface area contributed by atoms with E-state index < -0.39 is 0 Å². The van der Waals surface area contributed by atoms with Gasteiger partial charge in [0, 0.05) is 41.2 Å². The van der Waals surface area contributed by atoms with Gasteiger partial charge < -0.3 is 13.7 Å². The summed E-state index contributed by atoms with van der Waals surface area (Å²) < 4.78 is 13.6. The third-order valence-electron chi connectivity index (χ3n) is 4.94. The summed E-state index contributed by atoms with van der Waals surface area (Å²) >= 11 is 7.28. The molecule has 0 unspecified atom stereocenters. The lowest BCUT2D eigenvalue weighted by molar-refractivity contribution is 0.0957. The molecular formula is C20H21ClN2O3S. The molecule has 0 spiro atoms. The van der Waals surface area contributed by atoms with E-state index in [1.54, 1.807) is 12.1 Å². The van der Waals surface area contributed by atoms with Crippen LogP contribution in [0.25, 0.3) is 11.1 Å². The molecule has 0 amide bonds. The molecule has 0 aliphatic carbocycles. The Bertz CT molecular complexity index is 989. The summed E-state index contributed by atoms with van der Waals surface area (Å²) in [6, 6.07) is 7.29. The van der Waals surface area contributed by atoms with E-state index in [1.165, 1.54) is 11.8 Å². The van der Waals surface area contributed by atoms with Gasteiger partial charge in [0.1, 0.15) is 5.52 Å². The number of thioether (sulfide) groups is 1. The molecule has 3 aromatic rings. The van der Waals surface area contributed by atoms with Gasteiger partial charge in [-0.15, -0.1) is 0 Å². The first kappa shape index (κ1) is 18.6. The highest BCUT2D eigenvalue weighted by atomic mass is 35.5. The molecule has 5 nitrogen and oxygen atoms in total. The van der Waals surface area contributed by atoms with Gasteiger partial charge in [-0.1, -0.05) is 23.4 Å². The number of hydrogen-bond acceptors (Lipinski definition) is 5. The molecule has 1 fully saturated rings. The third-order valence-corrected chi connectivity index (χ3v) is 6.01. The van der Waals surface area contributed by atoms with Crippen LogP contribution < -0.4 is 0 Å². The highest BCUT2D eigenvalue weighted by Gasteiger charge is 2.21. The number of aromatic nitrogens is 2. The molecule has 2 aromatic heterocycles. The van der Waals surface area contributed by atoms with E-state index in [-0.39, 0.29) is 17.6 Å². The van der Waals surface area contributed by atoms with Gasteiger partial charge in [0.2, 0.25) is 0 Å². The molecule has 1 aliphatic rings. The Kier molecular flexibility index (Phi) is 5.30. The Hall–Kier alpha value is -1.76. The van der Waals surface area contributed by atoms with Gasteiger partial charge >= 0.3 is 0 Å². The lowest BCUT2D eigenvalue weighted by Crippen LogP contribution is -2.17. The predicted octanol–water partition coefficient (Wildman–Crippen LogP) is 5.05. The van der Waals surface area contributed by atoms with E-state index >= 15 is 0 Å². The van der Waals surface area contributed by atoms with Gasteiger partial charge in [0.25, 0.3) is 5.22 Å². The van der Waals surface area contributed by atoms with E-state index in [9.17, 15) is 4.79 Å². The van der Waals surface area contributed by atoms with Crippen molar-refractivity contribution in [1.29, 1.82) is 0 Å². The molecule has 1 atom stereocenters. The largest absolute Gasteiger partial charge is 0.431 e. The van der Waals surface area contributed by atoms with Crippen LogP contribution in [0.4, 0.5) is 0 Å². The van der Waals surface area contributed by atoms with Gasteiger partial charge in [-0.2, -0.15) is 0 Å². The maximum Gasteiger partial charge on any atom is 0.257 e. The summed E-state index contributed by atoms with van der Waals surface area (Å²) in [6.45, 7) is 5.68. The van der Waals surface area contributed by atoms with Crippen molar-refractivity contribution in [1.82, 2.24) is 9.55 Å². The van der Waals surface area contributed by atoms with Crippen molar-refractivity contribution < 1.29 is 13.9 Å². The molecule has 7 heteroatoms. The molecule has 142 valence electrons. The number of carbonyl (C=O) groups is 1. The zero-order valence-electron chi connectivity index (χ0n) is 15.3. The number of Topliss-reactive ketones (excluding diaryl/α,β-unsaturated/α-hetero) is 1. The van der Waals surface area contributed by atoms with E-state index in [1.807, 2.05) is 26.0 Å². The SMILES string of the molecule is Cc1cc(C(=O)CSc2nc3ccc(Cl)cc3o2)c(C)n1C[C@H]1CCCO1. The first-order valence-corrected chi connectivity index (χ1v) is 10.4. The summed E-state index contributed by atoms with van der Waals surface area (Å²) in [7, 11) is 0. The van der Waals surface area contributed by atoms with Crippen molar-refractivity contribution in [3.63, 3.8) is 0 Å². The molecule has 0 radical (unpaired) electrons. The van der Waals surface area contributed by atoms with Gasteiger partial charge in [-0.3, -0.25) is 4.79 Å². The van der Waals surface area contributed by atoms with Crippen LogP contribution in [0.3, 0.4) is 0 Å². The molecule has 3 heterocycles. The van der Waals surface area contributed by atoms with Gasteiger partial charge in [0.15, 0.2) is 11.4 Å². The minimum Gasteiger partial charge on any atom is -0.431 e. The molecular weight excluding hydrogens is 384 g/mol. The number of benzene rings is 1. The van der Waals surface area contributed by atoms with Gasteiger partial charge in [-0.25, -0.2) is 4.98 Å². The van der Waals surface area contributed by atoms with Crippen LogP contribution in [0.1, 0.15) is 34.6 Å². The average Bonchev–Trinajstić information content (AvgIpc) is 3.35. The molecule has 1 saturated heterocycles. The second-order valence-corrected chi connectivity index (χ2v) is 8.20. The summed E-state index contributed by atoms with van der Waals surface area (Å²) in [5, 5.41) is 1.08. The first-order valence-electron chi connectivity index (χ1n) is 9.01. The van der Waals surface area contributed by atoms with Crippen LogP contribution in [-0.2, 0) is 11.3 Å². The molecule has 0 bridgehead atoms. The van der Waals surface area contributed by atoms with E-state index in [0.29, 0.717) is 15.8 Å². The van der Waals surface area contributed by atoms with E-state index in [4.69, 9.17) is 20.8 Å². The Morgan fingerprint density at radius 2 is 2.22 bits per heavy atom. The number of ketones is 1. The molecule has 4 rings (SSSR count). The van der Waals surface area contributed by atoms with Crippen molar-refractivity contribution >= 4 is 40.2 Å². The lowest BCUT2D eigenvalue weighted by atomic mass is 10.2. The Morgan fingerprint density at radius 3 is 3.00 bits per heavy atom. The fourth-order valence-corrected chi connectivity index (χ4v) is 4.38. The average molecular weight is 405 g/mol. The zero-order chi connectivity index (χ0) is 19.0. The number of nitrogens with zero attached hydrogens (tertiary/aromatic N) is 2. The highest BCUT2D eigenvalue weighted by molar-refractivity contribution is 7.99. The van der Waals surface area contributed by atoms with Gasteiger partial charge in [0.05, 0.1) is 11.9 Å². The summed E-state index contributed by atoms with van der Waals surface area (Å²) in [5.41, 5.74) is 4.22. The maximum absolute atomic E-state index is 12.8. The number of halogens is 1. The third kappa shape index (κ3) is 3.93. The Morgan fingerprint density at radius 1 is 1.37 bits per heavy atom. The van der Waals surface area contributed by atoms with Crippen molar-refractivity contribution in [2.24, 2.45) is 0 Å². The second kappa shape index (κ2) is 7.70. The molecule has 0 saturated carbocycles. The van der Waals surface area contributed by atoms with E-state index in [2.05, 4.69) is 9.55 Å². The molecule has 0 N–H and O–H groups in total. The number of oxazole rings is 1. The zero-order valence-corrected chi connectivity index (χ0v) is 16.9. The number of rotatable bonds is 6. The van der Waals surface area contributed by atoms with E-state index in [0.717, 1.165) is 48.5 Å². The molecule has 1 aliphatic heterocycles. The van der Waals surface area contributed by atoms with Crippen molar-refractivity contribution in [3.8, 4) is 0 Å². The van der Waals surface area contributed by atoms with Crippen LogP contribution in [-0.4, -0.2) is 33.8 Å². The van der Waals surface area contributed by atoms with Crippen LogP contribution in [0.15, 0.2) is 33.9 Å². The fourth-order valence-electron chi connectivity index (χ4n) is 3.50. The lowest BCUT2D eigenvalue weighted by Gasteiger charge is -2.14. The van der Waals surface area contributed by atoms with Crippen molar-refractivity contribution in [3.05, 3.63) is 46.2 Å². The predicted molar refractivity (Wildman–Crippen MR) is 107 cm³/mol. The first-order chi connectivity index (χ1) is 13.0. The molecule has 27 heavy (non-hydrogen) atoms. The normalized spacial score (nSPS) is 17.1. The molecule has 1 aromatic carbocycles. The van der Waals surface area contributed by atoms with Crippen LogP contribution in [0, 0.1) is 13.8 Å². The summed E-state index contributed by atoms with van der Waals surface area (Å²) in [4.78, 5) is 17.2. The minimum absolute atomic E-state index is 0.0759.